The van der Waals surface area contributed by atoms with Crippen LogP contribution in [0.15, 0.2) is 30.6 Å². The van der Waals surface area contributed by atoms with E-state index in [4.69, 9.17) is 0 Å². The Balaban J connectivity index is 2.18. The highest BCUT2D eigenvalue weighted by Gasteiger charge is 2.12. The van der Waals surface area contributed by atoms with E-state index in [2.05, 4.69) is 9.97 Å². The molecule has 0 spiro atoms. The van der Waals surface area contributed by atoms with E-state index in [1.165, 1.54) is 18.5 Å². The summed E-state index contributed by atoms with van der Waals surface area (Å²) in [5.74, 6) is -1.55. The van der Waals surface area contributed by atoms with Gasteiger partial charge in [-0.25, -0.2) is 13.8 Å². The third-order valence-corrected chi connectivity index (χ3v) is 2.13. The fraction of sp³-hybridized carbons (Fsp3) is 0.0909. The van der Waals surface area contributed by atoms with E-state index in [9.17, 15) is 13.6 Å². The number of benzene rings is 1. The summed E-state index contributed by atoms with van der Waals surface area (Å²) in [4.78, 5) is 17.9. The van der Waals surface area contributed by atoms with Crippen molar-refractivity contribution in [2.75, 3.05) is 0 Å². The van der Waals surface area contributed by atoms with Crippen LogP contribution in [0.3, 0.4) is 0 Å². The maximum atomic E-state index is 13.2. The standard InChI is InChI=1S/C11H8F2N2O/c12-8-2-1-7(9(13)6-8)5-10(16)11-14-3-4-15-11/h1-4,6H,5H2,(H,14,15). The molecule has 0 radical (unpaired) electrons. The molecule has 1 heterocycles. The second-order valence-electron chi connectivity index (χ2n) is 3.27. The van der Waals surface area contributed by atoms with E-state index < -0.39 is 11.6 Å². The largest absolute Gasteiger partial charge is 0.342 e. The fourth-order valence-electron chi connectivity index (χ4n) is 1.34. The minimum Gasteiger partial charge on any atom is -0.342 e. The summed E-state index contributed by atoms with van der Waals surface area (Å²) < 4.78 is 25.8. The summed E-state index contributed by atoms with van der Waals surface area (Å²) in [6.07, 6.45) is 2.81. The van der Waals surface area contributed by atoms with Crippen LogP contribution in [0.2, 0.25) is 0 Å². The minimum atomic E-state index is -0.722. The molecule has 16 heavy (non-hydrogen) atoms. The highest BCUT2D eigenvalue weighted by atomic mass is 19.1. The highest BCUT2D eigenvalue weighted by Crippen LogP contribution is 2.11. The van der Waals surface area contributed by atoms with Crippen LogP contribution in [-0.2, 0) is 6.42 Å². The predicted octanol–water partition coefficient (Wildman–Crippen LogP) is 2.11. The SMILES string of the molecule is O=C(Cc1ccc(F)cc1F)c1ncc[nH]1. The number of nitrogens with zero attached hydrogens (tertiary/aromatic N) is 1. The van der Waals surface area contributed by atoms with Crippen molar-refractivity contribution in [1.82, 2.24) is 9.97 Å². The highest BCUT2D eigenvalue weighted by molar-refractivity contribution is 5.94. The van der Waals surface area contributed by atoms with Gasteiger partial charge in [0, 0.05) is 24.9 Å². The fourth-order valence-corrected chi connectivity index (χ4v) is 1.34. The van der Waals surface area contributed by atoms with Crippen molar-refractivity contribution in [1.29, 1.82) is 0 Å². The van der Waals surface area contributed by atoms with Gasteiger partial charge in [0.1, 0.15) is 11.6 Å². The lowest BCUT2D eigenvalue weighted by atomic mass is 10.1. The van der Waals surface area contributed by atoms with Crippen LogP contribution < -0.4 is 0 Å². The molecule has 1 N–H and O–H groups in total. The monoisotopic (exact) mass is 222 g/mol. The zero-order valence-electron chi connectivity index (χ0n) is 8.21. The molecule has 0 fully saturated rings. The molecule has 0 saturated carbocycles. The Kier molecular flexibility index (Phi) is 2.76. The van der Waals surface area contributed by atoms with Gasteiger partial charge in [0.15, 0.2) is 5.82 Å². The number of hydrogen-bond acceptors (Lipinski definition) is 2. The van der Waals surface area contributed by atoms with Crippen LogP contribution in [0, 0.1) is 11.6 Å². The maximum Gasteiger partial charge on any atom is 0.202 e. The molecule has 0 bridgehead atoms. The van der Waals surface area contributed by atoms with Crippen LogP contribution in [0.4, 0.5) is 8.78 Å². The lowest BCUT2D eigenvalue weighted by molar-refractivity contribution is 0.0983. The number of hydrogen-bond donors (Lipinski definition) is 1. The van der Waals surface area contributed by atoms with Gasteiger partial charge in [0.05, 0.1) is 0 Å². The number of rotatable bonds is 3. The Morgan fingerprint density at radius 1 is 1.38 bits per heavy atom. The first-order valence-electron chi connectivity index (χ1n) is 4.63. The molecule has 82 valence electrons. The molecule has 0 atom stereocenters. The van der Waals surface area contributed by atoms with Crippen molar-refractivity contribution in [3.63, 3.8) is 0 Å². The average molecular weight is 222 g/mol. The van der Waals surface area contributed by atoms with Crippen LogP contribution >= 0.6 is 0 Å². The third-order valence-electron chi connectivity index (χ3n) is 2.13. The summed E-state index contributed by atoms with van der Waals surface area (Å²) in [5.41, 5.74) is 0.155. The molecule has 0 aliphatic heterocycles. The summed E-state index contributed by atoms with van der Waals surface area (Å²) in [6.45, 7) is 0. The van der Waals surface area contributed by atoms with E-state index in [1.807, 2.05) is 0 Å². The normalized spacial score (nSPS) is 10.4. The molecule has 3 nitrogen and oxygen atoms in total. The Morgan fingerprint density at radius 3 is 2.81 bits per heavy atom. The minimum absolute atomic E-state index is 0.139. The Bertz CT molecular complexity index is 509. The molecule has 1 aromatic carbocycles. The number of imidazole rings is 1. The molecule has 0 saturated heterocycles. The van der Waals surface area contributed by atoms with Crippen molar-refractivity contribution in [3.8, 4) is 0 Å². The molecule has 0 aliphatic carbocycles. The van der Waals surface area contributed by atoms with E-state index in [0.29, 0.717) is 0 Å². The number of nitrogens with one attached hydrogen (secondary N) is 1. The number of aromatic nitrogens is 2. The van der Waals surface area contributed by atoms with E-state index in [0.717, 1.165) is 12.1 Å². The van der Waals surface area contributed by atoms with Gasteiger partial charge < -0.3 is 4.98 Å². The van der Waals surface area contributed by atoms with Crippen molar-refractivity contribution < 1.29 is 13.6 Å². The van der Waals surface area contributed by atoms with E-state index in [1.54, 1.807) is 0 Å². The average Bonchev–Trinajstić information content (AvgIpc) is 2.75. The number of carbonyl (C=O) groups is 1. The van der Waals surface area contributed by atoms with Gasteiger partial charge in [0.2, 0.25) is 5.78 Å². The summed E-state index contributed by atoms with van der Waals surface area (Å²) in [5, 5.41) is 0. The van der Waals surface area contributed by atoms with Gasteiger partial charge in [-0.05, 0) is 11.6 Å². The molecule has 5 heteroatoms. The van der Waals surface area contributed by atoms with Gasteiger partial charge in [-0.15, -0.1) is 0 Å². The van der Waals surface area contributed by atoms with Crippen LogP contribution in [0.1, 0.15) is 16.2 Å². The van der Waals surface area contributed by atoms with Gasteiger partial charge in [-0.2, -0.15) is 0 Å². The molecule has 0 aliphatic rings. The second kappa shape index (κ2) is 4.22. The van der Waals surface area contributed by atoms with Gasteiger partial charge in [-0.3, -0.25) is 4.79 Å². The predicted molar refractivity (Wildman–Crippen MR) is 53.0 cm³/mol. The first-order valence-corrected chi connectivity index (χ1v) is 4.63. The van der Waals surface area contributed by atoms with Crippen molar-refractivity contribution >= 4 is 5.78 Å². The van der Waals surface area contributed by atoms with Crippen LogP contribution in [0.5, 0.6) is 0 Å². The number of H-pyrrole nitrogens is 1. The number of ketones is 1. The van der Waals surface area contributed by atoms with E-state index >= 15 is 0 Å². The molecule has 1 aromatic heterocycles. The molecule has 0 unspecified atom stereocenters. The Morgan fingerprint density at radius 2 is 2.19 bits per heavy atom. The zero-order valence-corrected chi connectivity index (χ0v) is 8.21. The first-order chi connectivity index (χ1) is 7.66. The lowest BCUT2D eigenvalue weighted by Crippen LogP contribution is -2.07. The van der Waals surface area contributed by atoms with E-state index in [-0.39, 0.29) is 23.6 Å². The summed E-state index contributed by atoms with van der Waals surface area (Å²) in [7, 11) is 0. The summed E-state index contributed by atoms with van der Waals surface area (Å²) in [6, 6.07) is 3.13. The second-order valence-corrected chi connectivity index (χ2v) is 3.27. The molecule has 2 aromatic rings. The number of carbonyl (C=O) groups excluding carboxylic acids is 1. The Hall–Kier alpha value is -2.04. The van der Waals surface area contributed by atoms with Gasteiger partial charge in [-0.1, -0.05) is 6.07 Å². The quantitative estimate of drug-likeness (QED) is 0.808. The van der Waals surface area contributed by atoms with Crippen LogP contribution in [0.25, 0.3) is 0 Å². The van der Waals surface area contributed by atoms with Gasteiger partial charge >= 0.3 is 0 Å². The lowest BCUT2D eigenvalue weighted by Gasteiger charge is -2.00. The topological polar surface area (TPSA) is 45.8 Å². The third kappa shape index (κ3) is 2.13. The Labute approximate surface area is 90.1 Å². The molecule has 2 rings (SSSR count). The molecular weight excluding hydrogens is 214 g/mol. The van der Waals surface area contributed by atoms with Gasteiger partial charge in [0.25, 0.3) is 0 Å². The number of Topliss-reactive ketones (excluding diaryl/α,β-unsaturated/α-hetero) is 1. The first kappa shape index (κ1) is 10.5. The van der Waals surface area contributed by atoms with Crippen molar-refractivity contribution in [2.45, 2.75) is 6.42 Å². The number of aromatic amines is 1. The zero-order chi connectivity index (χ0) is 11.5. The summed E-state index contributed by atoms with van der Waals surface area (Å²) >= 11 is 0. The maximum absolute atomic E-state index is 13.2. The van der Waals surface area contributed by atoms with Crippen molar-refractivity contribution in [2.24, 2.45) is 0 Å². The smallest absolute Gasteiger partial charge is 0.202 e. The molecule has 0 amide bonds. The number of halogens is 2. The van der Waals surface area contributed by atoms with Crippen LogP contribution in [-0.4, -0.2) is 15.8 Å². The molecular formula is C11H8F2N2O. The van der Waals surface area contributed by atoms with Crippen molar-refractivity contribution in [3.05, 3.63) is 53.6 Å².